The molecule has 0 saturated carbocycles. The van der Waals surface area contributed by atoms with Crippen LogP contribution >= 0.6 is 15.9 Å². The molecule has 0 radical (unpaired) electrons. The van der Waals surface area contributed by atoms with Crippen LogP contribution in [-0.2, 0) is 25.8 Å². The second-order valence-electron chi connectivity index (χ2n) is 5.59. The second-order valence-corrected chi connectivity index (χ2v) is 6.44. The lowest BCUT2D eigenvalue weighted by molar-refractivity contribution is 0.380. The van der Waals surface area contributed by atoms with Crippen molar-refractivity contribution >= 4 is 21.9 Å². The second kappa shape index (κ2) is 9.56. The third kappa shape index (κ3) is 5.29. The SMILES string of the molecule is CCc1noc(CC)c1CNC(=NC)NCCc1ccc(F)c(Br)c1. The van der Waals surface area contributed by atoms with Crippen molar-refractivity contribution in [3.63, 3.8) is 0 Å². The fraction of sp³-hybridized carbons (Fsp3) is 0.444. The van der Waals surface area contributed by atoms with Crippen LogP contribution in [0.5, 0.6) is 0 Å². The van der Waals surface area contributed by atoms with E-state index in [9.17, 15) is 4.39 Å². The number of aryl methyl sites for hydroxylation is 2. The molecule has 0 aliphatic heterocycles. The fourth-order valence-corrected chi connectivity index (χ4v) is 2.98. The first kappa shape index (κ1) is 19.4. The quantitative estimate of drug-likeness (QED) is 0.540. The van der Waals surface area contributed by atoms with E-state index in [0.717, 1.165) is 41.8 Å². The number of hydrogen-bond donors (Lipinski definition) is 2. The van der Waals surface area contributed by atoms with Crippen LogP contribution in [0.1, 0.15) is 36.4 Å². The highest BCUT2D eigenvalue weighted by Gasteiger charge is 2.13. The smallest absolute Gasteiger partial charge is 0.191 e. The molecular formula is C18H24BrFN4O. The largest absolute Gasteiger partial charge is 0.361 e. The van der Waals surface area contributed by atoms with Crippen molar-refractivity contribution in [3.05, 3.63) is 51.1 Å². The molecule has 0 spiro atoms. The van der Waals surface area contributed by atoms with Crippen LogP contribution in [0.25, 0.3) is 0 Å². The molecular weight excluding hydrogens is 387 g/mol. The van der Waals surface area contributed by atoms with E-state index in [4.69, 9.17) is 4.52 Å². The topological polar surface area (TPSA) is 62.5 Å². The lowest BCUT2D eigenvalue weighted by Gasteiger charge is -2.12. The number of rotatable bonds is 7. The number of hydrogen-bond acceptors (Lipinski definition) is 3. The van der Waals surface area contributed by atoms with Gasteiger partial charge in [0.2, 0.25) is 0 Å². The van der Waals surface area contributed by atoms with Gasteiger partial charge in [0, 0.05) is 32.1 Å². The van der Waals surface area contributed by atoms with E-state index in [2.05, 4.69) is 50.6 Å². The molecule has 5 nitrogen and oxygen atoms in total. The maximum Gasteiger partial charge on any atom is 0.191 e. The van der Waals surface area contributed by atoms with Crippen molar-refractivity contribution in [2.45, 2.75) is 39.7 Å². The minimum atomic E-state index is -0.249. The fourth-order valence-electron chi connectivity index (χ4n) is 2.55. The van der Waals surface area contributed by atoms with Gasteiger partial charge in [-0.25, -0.2) is 4.39 Å². The molecule has 1 aromatic carbocycles. The Morgan fingerprint density at radius 2 is 2.08 bits per heavy atom. The highest BCUT2D eigenvalue weighted by molar-refractivity contribution is 9.10. The number of aromatic nitrogens is 1. The number of halogens is 2. The molecule has 0 unspecified atom stereocenters. The molecule has 0 aliphatic carbocycles. The molecule has 0 aliphatic rings. The van der Waals surface area contributed by atoms with Crippen molar-refractivity contribution in [3.8, 4) is 0 Å². The summed E-state index contributed by atoms with van der Waals surface area (Å²) in [6.07, 6.45) is 2.43. The van der Waals surface area contributed by atoms with Crippen LogP contribution in [0, 0.1) is 5.82 Å². The molecule has 136 valence electrons. The first-order chi connectivity index (χ1) is 12.1. The maximum atomic E-state index is 13.3. The third-order valence-corrected chi connectivity index (χ3v) is 4.56. The van der Waals surface area contributed by atoms with Crippen molar-refractivity contribution in [2.75, 3.05) is 13.6 Å². The minimum absolute atomic E-state index is 0.249. The highest BCUT2D eigenvalue weighted by atomic mass is 79.9. The van der Waals surface area contributed by atoms with Crippen LogP contribution in [0.15, 0.2) is 32.2 Å². The molecule has 7 heteroatoms. The third-order valence-electron chi connectivity index (χ3n) is 3.95. The Kier molecular flexibility index (Phi) is 7.43. The Morgan fingerprint density at radius 3 is 2.72 bits per heavy atom. The summed E-state index contributed by atoms with van der Waals surface area (Å²) in [6, 6.07) is 5.05. The van der Waals surface area contributed by atoms with Gasteiger partial charge in [-0.15, -0.1) is 0 Å². The van der Waals surface area contributed by atoms with Gasteiger partial charge in [-0.1, -0.05) is 25.1 Å². The normalized spacial score (nSPS) is 11.6. The molecule has 0 amide bonds. The lowest BCUT2D eigenvalue weighted by Crippen LogP contribution is -2.38. The molecule has 1 heterocycles. The Labute approximate surface area is 156 Å². The van der Waals surface area contributed by atoms with E-state index in [0.29, 0.717) is 23.5 Å². The Balaban J connectivity index is 1.87. The van der Waals surface area contributed by atoms with Gasteiger partial charge in [0.15, 0.2) is 5.96 Å². The highest BCUT2D eigenvalue weighted by Crippen LogP contribution is 2.17. The summed E-state index contributed by atoms with van der Waals surface area (Å²) >= 11 is 3.21. The van der Waals surface area contributed by atoms with E-state index < -0.39 is 0 Å². The van der Waals surface area contributed by atoms with Crippen molar-refractivity contribution in [2.24, 2.45) is 4.99 Å². The van der Waals surface area contributed by atoms with Gasteiger partial charge >= 0.3 is 0 Å². The summed E-state index contributed by atoms with van der Waals surface area (Å²) in [5.74, 6) is 1.38. The average molecular weight is 411 g/mol. The first-order valence-corrected chi connectivity index (χ1v) is 9.23. The minimum Gasteiger partial charge on any atom is -0.361 e. The van der Waals surface area contributed by atoms with E-state index in [1.54, 1.807) is 19.2 Å². The molecule has 1 aromatic heterocycles. The van der Waals surface area contributed by atoms with Gasteiger partial charge < -0.3 is 15.2 Å². The molecule has 2 N–H and O–H groups in total. The summed E-state index contributed by atoms with van der Waals surface area (Å²) in [7, 11) is 1.74. The maximum absolute atomic E-state index is 13.3. The van der Waals surface area contributed by atoms with Crippen LogP contribution in [-0.4, -0.2) is 24.7 Å². The Morgan fingerprint density at radius 1 is 1.28 bits per heavy atom. The van der Waals surface area contributed by atoms with Crippen molar-refractivity contribution < 1.29 is 8.91 Å². The van der Waals surface area contributed by atoms with E-state index in [1.807, 2.05) is 0 Å². The number of nitrogens with zero attached hydrogens (tertiary/aromatic N) is 2. The molecule has 2 aromatic rings. The number of nitrogens with one attached hydrogen (secondary N) is 2. The Hall–Kier alpha value is -1.89. The number of benzene rings is 1. The summed E-state index contributed by atoms with van der Waals surface area (Å²) in [4.78, 5) is 4.24. The van der Waals surface area contributed by atoms with Crippen molar-refractivity contribution in [1.82, 2.24) is 15.8 Å². The first-order valence-electron chi connectivity index (χ1n) is 8.43. The van der Waals surface area contributed by atoms with E-state index in [1.165, 1.54) is 6.07 Å². The van der Waals surface area contributed by atoms with Gasteiger partial charge in [-0.3, -0.25) is 4.99 Å². The number of guanidine groups is 1. The summed E-state index contributed by atoms with van der Waals surface area (Å²) in [5.41, 5.74) is 3.14. The van der Waals surface area contributed by atoms with Crippen LogP contribution in [0.4, 0.5) is 4.39 Å². The number of aliphatic imine (C=N–C) groups is 1. The summed E-state index contributed by atoms with van der Waals surface area (Å²) in [5, 5.41) is 10.7. The van der Waals surface area contributed by atoms with Gasteiger partial charge in [-0.2, -0.15) is 0 Å². The predicted octanol–water partition coefficient (Wildman–Crippen LogP) is 3.61. The van der Waals surface area contributed by atoms with E-state index >= 15 is 0 Å². The van der Waals surface area contributed by atoms with Gasteiger partial charge in [-0.05, 0) is 46.5 Å². The molecule has 0 bridgehead atoms. The zero-order valence-corrected chi connectivity index (χ0v) is 16.4. The van der Waals surface area contributed by atoms with Crippen LogP contribution in [0.3, 0.4) is 0 Å². The molecule has 0 saturated heterocycles. The molecule has 2 rings (SSSR count). The molecule has 0 atom stereocenters. The zero-order valence-electron chi connectivity index (χ0n) is 14.8. The van der Waals surface area contributed by atoms with Crippen molar-refractivity contribution in [1.29, 1.82) is 0 Å². The van der Waals surface area contributed by atoms with E-state index in [-0.39, 0.29) is 5.82 Å². The monoisotopic (exact) mass is 410 g/mol. The zero-order chi connectivity index (χ0) is 18.2. The standard InChI is InChI=1S/C18H24BrFN4O/c1-4-16-13(17(5-2)25-24-16)11-23-18(21-3)22-9-8-12-6-7-15(20)14(19)10-12/h6-7,10H,4-5,8-9,11H2,1-3H3,(H2,21,22,23). The average Bonchev–Trinajstić information content (AvgIpc) is 3.02. The summed E-state index contributed by atoms with van der Waals surface area (Å²) < 4.78 is 19.1. The Bertz CT molecular complexity index is 708. The molecule has 25 heavy (non-hydrogen) atoms. The van der Waals surface area contributed by atoms with Gasteiger partial charge in [0.05, 0.1) is 10.2 Å². The predicted molar refractivity (Wildman–Crippen MR) is 101 cm³/mol. The summed E-state index contributed by atoms with van der Waals surface area (Å²) in [6.45, 7) is 5.44. The van der Waals surface area contributed by atoms with Crippen LogP contribution < -0.4 is 10.6 Å². The lowest BCUT2D eigenvalue weighted by atomic mass is 10.1. The van der Waals surface area contributed by atoms with Gasteiger partial charge in [0.25, 0.3) is 0 Å². The molecule has 0 fully saturated rings. The van der Waals surface area contributed by atoms with Gasteiger partial charge in [0.1, 0.15) is 11.6 Å². The van der Waals surface area contributed by atoms with Crippen LogP contribution in [0.2, 0.25) is 0 Å².